The van der Waals surface area contributed by atoms with Gasteiger partial charge in [0, 0.05) is 19.3 Å². The lowest BCUT2D eigenvalue weighted by Crippen LogP contribution is -2.36. The van der Waals surface area contributed by atoms with Crippen molar-refractivity contribution >= 4 is 11.9 Å². The standard InChI is InChI=1S/C12H17N3O2/c1-14-8-5-10(13-14)15-9-12(17-11(15)16)6-3-2-4-7-12/h5,8H,2-4,6-7,9H2,1H3. The van der Waals surface area contributed by atoms with E-state index >= 15 is 0 Å². The molecule has 0 bridgehead atoms. The van der Waals surface area contributed by atoms with E-state index in [-0.39, 0.29) is 11.7 Å². The molecule has 5 heteroatoms. The molecule has 0 radical (unpaired) electrons. The Morgan fingerprint density at radius 3 is 2.76 bits per heavy atom. The van der Waals surface area contributed by atoms with Crippen molar-refractivity contribution in [3.8, 4) is 0 Å². The molecule has 1 aliphatic heterocycles. The summed E-state index contributed by atoms with van der Waals surface area (Å²) in [7, 11) is 1.85. The van der Waals surface area contributed by atoms with Crippen LogP contribution in [0.5, 0.6) is 0 Å². The topological polar surface area (TPSA) is 47.4 Å². The van der Waals surface area contributed by atoms with E-state index in [2.05, 4.69) is 5.10 Å². The van der Waals surface area contributed by atoms with Gasteiger partial charge in [-0.1, -0.05) is 6.42 Å². The molecule has 5 nitrogen and oxygen atoms in total. The SMILES string of the molecule is Cn1ccc(N2CC3(CCCCC3)OC2=O)n1. The first-order valence-electron chi connectivity index (χ1n) is 6.19. The molecule has 2 heterocycles. The van der Waals surface area contributed by atoms with Gasteiger partial charge in [-0.05, 0) is 25.7 Å². The quantitative estimate of drug-likeness (QED) is 0.748. The molecular weight excluding hydrogens is 218 g/mol. The first-order valence-corrected chi connectivity index (χ1v) is 6.19. The summed E-state index contributed by atoms with van der Waals surface area (Å²) in [5, 5.41) is 4.26. The van der Waals surface area contributed by atoms with E-state index in [0.29, 0.717) is 12.4 Å². The predicted octanol–water partition coefficient (Wildman–Crippen LogP) is 2.08. The number of carbonyl (C=O) groups is 1. The fourth-order valence-electron chi connectivity index (χ4n) is 2.80. The second kappa shape index (κ2) is 3.75. The fraction of sp³-hybridized carbons (Fsp3) is 0.667. The molecule has 1 saturated carbocycles. The fourth-order valence-corrected chi connectivity index (χ4v) is 2.80. The molecule has 1 aromatic heterocycles. The molecule has 17 heavy (non-hydrogen) atoms. The lowest BCUT2D eigenvalue weighted by molar-refractivity contribution is 0.0260. The van der Waals surface area contributed by atoms with Crippen LogP contribution in [0.1, 0.15) is 32.1 Å². The summed E-state index contributed by atoms with van der Waals surface area (Å²) in [4.78, 5) is 13.6. The van der Waals surface area contributed by atoms with Gasteiger partial charge in [0.25, 0.3) is 0 Å². The van der Waals surface area contributed by atoms with Crippen LogP contribution < -0.4 is 4.90 Å². The van der Waals surface area contributed by atoms with Crippen LogP contribution in [0.25, 0.3) is 0 Å². The molecule has 1 amide bonds. The van der Waals surface area contributed by atoms with E-state index in [0.717, 1.165) is 25.7 Å². The molecule has 2 fully saturated rings. The molecule has 1 spiro atoms. The maximum absolute atomic E-state index is 11.9. The number of carbonyl (C=O) groups excluding carboxylic acids is 1. The van der Waals surface area contributed by atoms with Crippen molar-refractivity contribution in [3.05, 3.63) is 12.3 Å². The zero-order valence-corrected chi connectivity index (χ0v) is 10.1. The van der Waals surface area contributed by atoms with E-state index in [1.54, 1.807) is 9.58 Å². The molecule has 1 aromatic rings. The lowest BCUT2D eigenvalue weighted by atomic mass is 9.85. The molecule has 92 valence electrons. The Morgan fingerprint density at radius 1 is 1.35 bits per heavy atom. The first-order chi connectivity index (χ1) is 8.19. The van der Waals surface area contributed by atoms with Gasteiger partial charge in [-0.25, -0.2) is 4.79 Å². The van der Waals surface area contributed by atoms with Crippen LogP contribution in [0.15, 0.2) is 12.3 Å². The van der Waals surface area contributed by atoms with Crippen LogP contribution in [-0.2, 0) is 11.8 Å². The van der Waals surface area contributed by atoms with E-state index in [1.165, 1.54) is 6.42 Å². The second-order valence-corrected chi connectivity index (χ2v) is 5.05. The number of ether oxygens (including phenoxy) is 1. The Morgan fingerprint density at radius 2 is 2.12 bits per heavy atom. The highest BCUT2D eigenvalue weighted by Gasteiger charge is 2.46. The van der Waals surface area contributed by atoms with Gasteiger partial charge in [0.2, 0.25) is 0 Å². The van der Waals surface area contributed by atoms with Crippen LogP contribution in [0.2, 0.25) is 0 Å². The third-order valence-corrected chi connectivity index (χ3v) is 3.71. The van der Waals surface area contributed by atoms with Gasteiger partial charge in [0.1, 0.15) is 5.60 Å². The minimum absolute atomic E-state index is 0.243. The van der Waals surface area contributed by atoms with Crippen LogP contribution in [0, 0.1) is 0 Å². The number of aryl methyl sites for hydroxylation is 1. The highest BCUT2D eigenvalue weighted by Crippen LogP contribution is 2.38. The van der Waals surface area contributed by atoms with Gasteiger partial charge in [-0.3, -0.25) is 9.58 Å². The molecular formula is C12H17N3O2. The van der Waals surface area contributed by atoms with Crippen molar-refractivity contribution in [1.82, 2.24) is 9.78 Å². The summed E-state index contributed by atoms with van der Waals surface area (Å²) in [6.07, 6.45) is 7.14. The van der Waals surface area contributed by atoms with Crippen molar-refractivity contribution in [2.24, 2.45) is 7.05 Å². The molecule has 0 aromatic carbocycles. The Bertz CT molecular complexity index is 435. The molecule has 0 unspecified atom stereocenters. The monoisotopic (exact) mass is 235 g/mol. The number of hydrogen-bond acceptors (Lipinski definition) is 3. The summed E-state index contributed by atoms with van der Waals surface area (Å²) in [6, 6.07) is 1.85. The Hall–Kier alpha value is -1.52. The van der Waals surface area contributed by atoms with Crippen LogP contribution in [0.3, 0.4) is 0 Å². The van der Waals surface area contributed by atoms with E-state index < -0.39 is 0 Å². The van der Waals surface area contributed by atoms with Gasteiger partial charge in [0.15, 0.2) is 5.82 Å². The molecule has 0 atom stereocenters. The van der Waals surface area contributed by atoms with Gasteiger partial charge in [-0.15, -0.1) is 0 Å². The number of nitrogens with zero attached hydrogens (tertiary/aromatic N) is 3. The van der Waals surface area contributed by atoms with E-state index in [4.69, 9.17) is 4.74 Å². The number of anilines is 1. The second-order valence-electron chi connectivity index (χ2n) is 5.05. The van der Waals surface area contributed by atoms with Gasteiger partial charge < -0.3 is 4.74 Å². The third-order valence-electron chi connectivity index (χ3n) is 3.71. The molecule has 0 N–H and O–H groups in total. The van der Waals surface area contributed by atoms with Gasteiger partial charge in [0.05, 0.1) is 6.54 Å². The highest BCUT2D eigenvalue weighted by atomic mass is 16.6. The highest BCUT2D eigenvalue weighted by molar-refractivity contribution is 5.89. The summed E-state index contributed by atoms with van der Waals surface area (Å²) in [5.74, 6) is 0.694. The average molecular weight is 235 g/mol. The van der Waals surface area contributed by atoms with E-state index in [1.807, 2.05) is 19.3 Å². The number of rotatable bonds is 1. The minimum Gasteiger partial charge on any atom is -0.441 e. The van der Waals surface area contributed by atoms with Crippen LogP contribution >= 0.6 is 0 Å². The zero-order valence-electron chi connectivity index (χ0n) is 10.1. The molecule has 1 saturated heterocycles. The number of amides is 1. The van der Waals surface area contributed by atoms with Crippen LogP contribution in [-0.4, -0.2) is 28.0 Å². The van der Waals surface area contributed by atoms with Crippen molar-refractivity contribution in [2.75, 3.05) is 11.4 Å². The minimum atomic E-state index is -0.245. The summed E-state index contributed by atoms with van der Waals surface area (Å²) in [6.45, 7) is 0.656. The van der Waals surface area contributed by atoms with Crippen molar-refractivity contribution in [2.45, 2.75) is 37.7 Å². The Kier molecular flexibility index (Phi) is 2.34. The zero-order chi connectivity index (χ0) is 11.9. The molecule has 3 rings (SSSR count). The summed E-state index contributed by atoms with van der Waals surface area (Å²) >= 11 is 0. The van der Waals surface area contributed by atoms with Gasteiger partial charge >= 0.3 is 6.09 Å². The van der Waals surface area contributed by atoms with Gasteiger partial charge in [-0.2, -0.15) is 5.10 Å². The summed E-state index contributed by atoms with van der Waals surface area (Å²) < 4.78 is 7.31. The largest absolute Gasteiger partial charge is 0.441 e. The number of hydrogen-bond donors (Lipinski definition) is 0. The van der Waals surface area contributed by atoms with E-state index in [9.17, 15) is 4.79 Å². The van der Waals surface area contributed by atoms with Crippen LogP contribution in [0.4, 0.5) is 10.6 Å². The average Bonchev–Trinajstić information content (AvgIpc) is 2.85. The summed E-state index contributed by atoms with van der Waals surface area (Å²) in [5.41, 5.74) is -0.243. The maximum atomic E-state index is 11.9. The molecule has 2 aliphatic rings. The normalized spacial score (nSPS) is 23.1. The van der Waals surface area contributed by atoms with Crippen molar-refractivity contribution in [1.29, 1.82) is 0 Å². The Balaban J connectivity index is 1.82. The number of aromatic nitrogens is 2. The van der Waals surface area contributed by atoms with Crippen molar-refractivity contribution in [3.63, 3.8) is 0 Å². The first kappa shape index (κ1) is 10.6. The maximum Gasteiger partial charge on any atom is 0.416 e. The smallest absolute Gasteiger partial charge is 0.416 e. The van der Waals surface area contributed by atoms with Crippen molar-refractivity contribution < 1.29 is 9.53 Å². The third kappa shape index (κ3) is 1.79. The predicted molar refractivity (Wildman–Crippen MR) is 62.9 cm³/mol. The lowest BCUT2D eigenvalue weighted by Gasteiger charge is -2.30. The molecule has 1 aliphatic carbocycles. The Labute approximate surface area is 100 Å².